The van der Waals surface area contributed by atoms with Crippen LogP contribution in [0.3, 0.4) is 0 Å². The Kier molecular flexibility index (Phi) is 4.07. The van der Waals surface area contributed by atoms with Crippen molar-refractivity contribution in [2.45, 2.75) is 26.8 Å². The molecule has 0 spiro atoms. The fraction of sp³-hybridized carbons (Fsp3) is 0.385. The lowest BCUT2D eigenvalue weighted by Crippen LogP contribution is -2.21. The molecule has 0 radical (unpaired) electrons. The lowest BCUT2D eigenvalue weighted by atomic mass is 10.0. The number of furan rings is 1. The van der Waals surface area contributed by atoms with Crippen molar-refractivity contribution in [2.75, 3.05) is 6.54 Å². The van der Waals surface area contributed by atoms with E-state index < -0.39 is 0 Å². The highest BCUT2D eigenvalue weighted by Crippen LogP contribution is 2.34. The van der Waals surface area contributed by atoms with Crippen LogP contribution in [0.25, 0.3) is 0 Å². The van der Waals surface area contributed by atoms with Gasteiger partial charge in [0.25, 0.3) is 0 Å². The van der Waals surface area contributed by atoms with Gasteiger partial charge in [0, 0.05) is 10.4 Å². The quantitative estimate of drug-likeness (QED) is 0.904. The third kappa shape index (κ3) is 2.81. The Hall–Kier alpha value is -0.580. The Bertz CT molecular complexity index is 503. The molecule has 0 saturated heterocycles. The van der Waals surface area contributed by atoms with Gasteiger partial charge >= 0.3 is 0 Å². The fourth-order valence-electron chi connectivity index (χ4n) is 1.97. The van der Waals surface area contributed by atoms with Gasteiger partial charge in [-0.3, -0.25) is 0 Å². The third-order valence-corrected chi connectivity index (χ3v) is 4.30. The first-order valence-corrected chi connectivity index (χ1v) is 7.27. The Morgan fingerprint density at radius 1 is 1.41 bits per heavy atom. The Balaban J connectivity index is 2.38. The number of hydrogen-bond acceptors (Lipinski definition) is 3. The van der Waals surface area contributed by atoms with E-state index in [1.165, 1.54) is 19.8 Å². The number of rotatable bonds is 4. The summed E-state index contributed by atoms with van der Waals surface area (Å²) in [6, 6.07) is 4.51. The summed E-state index contributed by atoms with van der Waals surface area (Å²) in [4.78, 5) is 1.33. The molecule has 0 amide bonds. The van der Waals surface area contributed by atoms with E-state index in [9.17, 15) is 0 Å². The van der Waals surface area contributed by atoms with E-state index in [4.69, 9.17) is 4.42 Å². The minimum absolute atomic E-state index is 0.222. The predicted octanol–water partition coefficient (Wildman–Crippen LogP) is 4.42. The largest absolute Gasteiger partial charge is 0.469 e. The molecule has 92 valence electrons. The fourth-order valence-corrected chi connectivity index (χ4v) is 3.72. The average Bonchev–Trinajstić information content (AvgIpc) is 2.82. The minimum atomic E-state index is 0.222. The van der Waals surface area contributed by atoms with Gasteiger partial charge < -0.3 is 9.73 Å². The molecule has 1 N–H and O–H groups in total. The summed E-state index contributed by atoms with van der Waals surface area (Å²) in [6.45, 7) is 7.18. The highest BCUT2D eigenvalue weighted by Gasteiger charge is 2.18. The molecule has 2 heterocycles. The molecule has 0 aliphatic carbocycles. The van der Waals surface area contributed by atoms with Crippen molar-refractivity contribution < 1.29 is 4.42 Å². The molecular weight excluding hydrogens is 298 g/mol. The molecule has 1 unspecified atom stereocenters. The van der Waals surface area contributed by atoms with E-state index in [1.807, 2.05) is 13.2 Å². The SMILES string of the molecule is CCNC(c1coc(C)c1)c1cc(Br)sc1C. The molecule has 0 bridgehead atoms. The normalized spacial score (nSPS) is 12.9. The Labute approximate surface area is 114 Å². The maximum absolute atomic E-state index is 5.41. The van der Waals surface area contributed by atoms with Gasteiger partial charge in [-0.15, -0.1) is 11.3 Å². The van der Waals surface area contributed by atoms with Crippen LogP contribution in [0.5, 0.6) is 0 Å². The summed E-state index contributed by atoms with van der Waals surface area (Å²) in [7, 11) is 0. The molecule has 2 nitrogen and oxygen atoms in total. The molecule has 1 atom stereocenters. The lowest BCUT2D eigenvalue weighted by Gasteiger charge is -2.16. The first kappa shape index (κ1) is 12.9. The molecular formula is C13H16BrNOS. The van der Waals surface area contributed by atoms with Gasteiger partial charge in [-0.1, -0.05) is 6.92 Å². The second kappa shape index (κ2) is 5.38. The molecule has 2 aromatic rings. The van der Waals surface area contributed by atoms with Crippen LogP contribution in [0.1, 0.15) is 34.7 Å². The Morgan fingerprint density at radius 2 is 2.18 bits per heavy atom. The van der Waals surface area contributed by atoms with Crippen LogP contribution in [-0.2, 0) is 0 Å². The lowest BCUT2D eigenvalue weighted by molar-refractivity contribution is 0.525. The first-order valence-electron chi connectivity index (χ1n) is 5.66. The standard InChI is InChI=1S/C13H16BrNOS/c1-4-15-13(10-5-8(2)16-7-10)11-6-12(14)17-9(11)3/h5-7,13,15H,4H2,1-3H3. The second-order valence-electron chi connectivity index (χ2n) is 4.04. The average molecular weight is 314 g/mol. The molecule has 2 rings (SSSR count). The van der Waals surface area contributed by atoms with Gasteiger partial charge in [-0.25, -0.2) is 0 Å². The predicted molar refractivity (Wildman–Crippen MR) is 75.7 cm³/mol. The van der Waals surface area contributed by atoms with Gasteiger partial charge in [-0.05, 0) is 54.0 Å². The van der Waals surface area contributed by atoms with Crippen LogP contribution in [-0.4, -0.2) is 6.54 Å². The summed E-state index contributed by atoms with van der Waals surface area (Å²) >= 11 is 5.32. The zero-order valence-corrected chi connectivity index (χ0v) is 12.6. The van der Waals surface area contributed by atoms with Crippen molar-refractivity contribution in [1.29, 1.82) is 0 Å². The van der Waals surface area contributed by atoms with Crippen LogP contribution in [0.2, 0.25) is 0 Å². The van der Waals surface area contributed by atoms with E-state index in [0.29, 0.717) is 0 Å². The van der Waals surface area contributed by atoms with Crippen molar-refractivity contribution in [3.8, 4) is 0 Å². The monoisotopic (exact) mass is 313 g/mol. The van der Waals surface area contributed by atoms with E-state index >= 15 is 0 Å². The van der Waals surface area contributed by atoms with Crippen LogP contribution in [0, 0.1) is 13.8 Å². The Morgan fingerprint density at radius 3 is 2.65 bits per heavy atom. The maximum atomic E-state index is 5.41. The number of thiophene rings is 1. The molecule has 0 fully saturated rings. The minimum Gasteiger partial charge on any atom is -0.469 e. The zero-order chi connectivity index (χ0) is 12.4. The number of halogens is 1. The van der Waals surface area contributed by atoms with Gasteiger partial charge in [0.1, 0.15) is 5.76 Å². The van der Waals surface area contributed by atoms with Crippen LogP contribution in [0.4, 0.5) is 0 Å². The number of nitrogens with one attached hydrogen (secondary N) is 1. The first-order chi connectivity index (χ1) is 8.11. The van der Waals surface area contributed by atoms with Crippen molar-refractivity contribution >= 4 is 27.3 Å². The van der Waals surface area contributed by atoms with Crippen LogP contribution < -0.4 is 5.32 Å². The summed E-state index contributed by atoms with van der Waals surface area (Å²) in [5.41, 5.74) is 2.52. The summed E-state index contributed by atoms with van der Waals surface area (Å²) in [6.07, 6.45) is 1.84. The molecule has 2 aromatic heterocycles. The van der Waals surface area contributed by atoms with E-state index in [1.54, 1.807) is 11.3 Å². The third-order valence-electron chi connectivity index (χ3n) is 2.73. The summed E-state index contributed by atoms with van der Waals surface area (Å²) < 4.78 is 6.59. The molecule has 0 aliphatic heterocycles. The van der Waals surface area contributed by atoms with Gasteiger partial charge in [0.2, 0.25) is 0 Å². The van der Waals surface area contributed by atoms with Crippen molar-refractivity contribution in [2.24, 2.45) is 0 Å². The van der Waals surface area contributed by atoms with Gasteiger partial charge in [0.15, 0.2) is 0 Å². The molecule has 0 aliphatic rings. The summed E-state index contributed by atoms with van der Waals surface area (Å²) in [5.74, 6) is 0.954. The van der Waals surface area contributed by atoms with E-state index in [-0.39, 0.29) is 6.04 Å². The van der Waals surface area contributed by atoms with Crippen molar-refractivity contribution in [3.05, 3.63) is 43.9 Å². The number of hydrogen-bond donors (Lipinski definition) is 1. The van der Waals surface area contributed by atoms with Crippen LogP contribution in [0.15, 0.2) is 26.6 Å². The molecule has 17 heavy (non-hydrogen) atoms. The highest BCUT2D eigenvalue weighted by molar-refractivity contribution is 9.11. The zero-order valence-electron chi connectivity index (χ0n) is 10.2. The molecule has 0 aromatic carbocycles. The van der Waals surface area contributed by atoms with Crippen molar-refractivity contribution in [3.63, 3.8) is 0 Å². The highest BCUT2D eigenvalue weighted by atomic mass is 79.9. The number of aryl methyl sites for hydroxylation is 2. The van der Waals surface area contributed by atoms with Crippen molar-refractivity contribution in [1.82, 2.24) is 5.32 Å². The topological polar surface area (TPSA) is 25.2 Å². The molecule has 0 saturated carbocycles. The van der Waals surface area contributed by atoms with E-state index in [2.05, 4.69) is 47.2 Å². The second-order valence-corrected chi connectivity index (χ2v) is 6.68. The van der Waals surface area contributed by atoms with Gasteiger partial charge in [-0.2, -0.15) is 0 Å². The maximum Gasteiger partial charge on any atom is 0.101 e. The van der Waals surface area contributed by atoms with Gasteiger partial charge in [0.05, 0.1) is 16.1 Å². The van der Waals surface area contributed by atoms with E-state index in [0.717, 1.165) is 12.3 Å². The smallest absolute Gasteiger partial charge is 0.101 e. The summed E-state index contributed by atoms with van der Waals surface area (Å²) in [5, 5.41) is 3.51. The van der Waals surface area contributed by atoms with Crippen LogP contribution >= 0.6 is 27.3 Å². The molecule has 4 heteroatoms.